The molecule has 1 heterocycles. The van der Waals surface area contributed by atoms with Crippen molar-refractivity contribution in [3.63, 3.8) is 0 Å². The Hall–Kier alpha value is -3.21. The summed E-state index contributed by atoms with van der Waals surface area (Å²) in [6, 6.07) is 16.0. The highest BCUT2D eigenvalue weighted by atomic mass is 127. The van der Waals surface area contributed by atoms with Crippen molar-refractivity contribution >= 4 is 40.4 Å². The van der Waals surface area contributed by atoms with E-state index < -0.39 is 10.8 Å². The fourth-order valence-corrected chi connectivity index (χ4v) is 3.34. The number of halogens is 1. The maximum absolute atomic E-state index is 12.0. The second-order valence-corrected chi connectivity index (χ2v) is 7.69. The predicted molar refractivity (Wildman–Crippen MR) is 122 cm³/mol. The first-order valence-corrected chi connectivity index (χ1v) is 10.1. The second kappa shape index (κ2) is 9.53. The number of ether oxygens (including phenoxy) is 1. The third-order valence-corrected chi connectivity index (χ3v) is 5.09. The van der Waals surface area contributed by atoms with E-state index in [4.69, 9.17) is 4.74 Å². The van der Waals surface area contributed by atoms with Crippen molar-refractivity contribution in [3.05, 3.63) is 85.2 Å². The summed E-state index contributed by atoms with van der Waals surface area (Å²) in [5.74, 6) is -0.487. The SMILES string of the molecule is Cc1cc(/C=N/NC(=O)COc2ccccc2[N+](=O)[O-])c(C)n1-c1ccc(I)cc1. The highest BCUT2D eigenvalue weighted by Gasteiger charge is 2.15. The summed E-state index contributed by atoms with van der Waals surface area (Å²) in [4.78, 5) is 22.4. The number of amides is 1. The molecule has 0 fully saturated rings. The Kier molecular flexibility index (Phi) is 6.83. The van der Waals surface area contributed by atoms with E-state index in [1.54, 1.807) is 12.3 Å². The number of nitro groups is 1. The van der Waals surface area contributed by atoms with E-state index in [9.17, 15) is 14.9 Å². The van der Waals surface area contributed by atoms with Crippen molar-refractivity contribution in [1.82, 2.24) is 9.99 Å². The molecule has 1 N–H and O–H groups in total. The first kappa shape index (κ1) is 21.5. The number of hydrogen-bond donors (Lipinski definition) is 1. The van der Waals surface area contributed by atoms with Crippen LogP contribution in [0.25, 0.3) is 5.69 Å². The zero-order valence-electron chi connectivity index (χ0n) is 16.3. The van der Waals surface area contributed by atoms with Gasteiger partial charge in [-0.15, -0.1) is 0 Å². The summed E-state index contributed by atoms with van der Waals surface area (Å²) in [7, 11) is 0. The van der Waals surface area contributed by atoms with E-state index in [1.165, 1.54) is 18.2 Å². The lowest BCUT2D eigenvalue weighted by molar-refractivity contribution is -0.385. The Balaban J connectivity index is 1.63. The summed E-state index contributed by atoms with van der Waals surface area (Å²) in [5.41, 5.74) is 6.13. The Morgan fingerprint density at radius 1 is 1.23 bits per heavy atom. The minimum absolute atomic E-state index is 0.0303. The van der Waals surface area contributed by atoms with Gasteiger partial charge in [-0.1, -0.05) is 12.1 Å². The molecule has 3 rings (SSSR count). The highest BCUT2D eigenvalue weighted by molar-refractivity contribution is 14.1. The Bertz CT molecular complexity index is 1110. The maximum Gasteiger partial charge on any atom is 0.310 e. The van der Waals surface area contributed by atoms with Gasteiger partial charge < -0.3 is 9.30 Å². The van der Waals surface area contributed by atoms with Crippen molar-refractivity contribution in [2.45, 2.75) is 13.8 Å². The molecule has 9 heteroatoms. The number of nitrogens with one attached hydrogen (secondary N) is 1. The van der Waals surface area contributed by atoms with Crippen molar-refractivity contribution in [2.24, 2.45) is 5.10 Å². The molecule has 0 atom stereocenters. The molecule has 2 aromatic carbocycles. The summed E-state index contributed by atoms with van der Waals surface area (Å²) >= 11 is 2.26. The summed E-state index contributed by atoms with van der Waals surface area (Å²) in [5, 5.41) is 15.0. The molecule has 154 valence electrons. The number of hydrazone groups is 1. The van der Waals surface area contributed by atoms with Gasteiger partial charge in [0.05, 0.1) is 11.1 Å². The van der Waals surface area contributed by atoms with Crippen LogP contribution in [0.3, 0.4) is 0 Å². The zero-order valence-corrected chi connectivity index (χ0v) is 18.5. The van der Waals surface area contributed by atoms with Crippen LogP contribution < -0.4 is 10.2 Å². The molecule has 0 saturated carbocycles. The van der Waals surface area contributed by atoms with Gasteiger partial charge in [-0.25, -0.2) is 5.43 Å². The number of benzene rings is 2. The smallest absolute Gasteiger partial charge is 0.310 e. The van der Waals surface area contributed by atoms with Crippen LogP contribution in [0.15, 0.2) is 59.7 Å². The van der Waals surface area contributed by atoms with Gasteiger partial charge >= 0.3 is 5.69 Å². The summed E-state index contributed by atoms with van der Waals surface area (Å²) < 4.78 is 8.51. The van der Waals surface area contributed by atoms with Gasteiger partial charge in [0.2, 0.25) is 0 Å². The molecule has 30 heavy (non-hydrogen) atoms. The van der Waals surface area contributed by atoms with Gasteiger partial charge in [0.1, 0.15) is 0 Å². The van der Waals surface area contributed by atoms with Gasteiger partial charge in [0.25, 0.3) is 5.91 Å². The molecular formula is C21H19IN4O4. The monoisotopic (exact) mass is 518 g/mol. The predicted octanol–water partition coefficient (Wildman–Crippen LogP) is 4.14. The lowest BCUT2D eigenvalue weighted by atomic mass is 10.2. The normalized spacial score (nSPS) is 10.9. The van der Waals surface area contributed by atoms with E-state index in [0.717, 1.165) is 26.2 Å². The molecule has 0 aliphatic carbocycles. The molecule has 1 amide bonds. The number of carbonyl (C=O) groups excluding carboxylic acids is 1. The molecule has 0 aliphatic heterocycles. The third-order valence-electron chi connectivity index (χ3n) is 4.37. The number of aryl methyl sites for hydroxylation is 1. The molecule has 0 saturated heterocycles. The van der Waals surface area contributed by atoms with E-state index in [-0.39, 0.29) is 18.0 Å². The average molecular weight is 518 g/mol. The van der Waals surface area contributed by atoms with E-state index >= 15 is 0 Å². The molecule has 3 aromatic rings. The zero-order chi connectivity index (χ0) is 21.7. The van der Waals surface area contributed by atoms with Crippen LogP contribution in [0.2, 0.25) is 0 Å². The fraction of sp³-hybridized carbons (Fsp3) is 0.143. The van der Waals surface area contributed by atoms with E-state index in [0.29, 0.717) is 0 Å². The molecule has 0 radical (unpaired) electrons. The van der Waals surface area contributed by atoms with Gasteiger partial charge in [-0.2, -0.15) is 5.10 Å². The highest BCUT2D eigenvalue weighted by Crippen LogP contribution is 2.25. The Morgan fingerprint density at radius 3 is 2.63 bits per heavy atom. The van der Waals surface area contributed by atoms with E-state index in [1.807, 2.05) is 44.2 Å². The van der Waals surface area contributed by atoms with Gasteiger partial charge in [0.15, 0.2) is 12.4 Å². The minimum Gasteiger partial charge on any atom is -0.477 e. The van der Waals surface area contributed by atoms with Crippen LogP contribution in [-0.2, 0) is 4.79 Å². The van der Waals surface area contributed by atoms with Crippen LogP contribution in [0.4, 0.5) is 5.69 Å². The Labute approximate surface area is 186 Å². The summed E-state index contributed by atoms with van der Waals surface area (Å²) in [6.45, 7) is 3.59. The second-order valence-electron chi connectivity index (χ2n) is 6.44. The molecule has 0 bridgehead atoms. The molecule has 1 aromatic heterocycles. The third kappa shape index (κ3) is 5.03. The van der Waals surface area contributed by atoms with Crippen LogP contribution >= 0.6 is 22.6 Å². The van der Waals surface area contributed by atoms with Crippen molar-refractivity contribution in [2.75, 3.05) is 6.61 Å². The van der Waals surface area contributed by atoms with Crippen LogP contribution in [0.1, 0.15) is 17.0 Å². The van der Waals surface area contributed by atoms with Gasteiger partial charge in [-0.05, 0) is 72.8 Å². The largest absolute Gasteiger partial charge is 0.477 e. The lowest BCUT2D eigenvalue weighted by Gasteiger charge is -2.09. The molecule has 8 nitrogen and oxygen atoms in total. The van der Waals surface area contributed by atoms with Crippen LogP contribution in [0, 0.1) is 27.5 Å². The number of hydrogen-bond acceptors (Lipinski definition) is 5. The maximum atomic E-state index is 12.0. The molecule has 0 unspecified atom stereocenters. The number of nitro benzene ring substituents is 1. The number of nitrogens with zero attached hydrogens (tertiary/aromatic N) is 3. The van der Waals surface area contributed by atoms with Gasteiger partial charge in [-0.3, -0.25) is 14.9 Å². The minimum atomic E-state index is -0.561. The quantitative estimate of drug-likeness (QED) is 0.220. The molecule has 0 aliphatic rings. The Morgan fingerprint density at radius 2 is 1.93 bits per heavy atom. The number of aromatic nitrogens is 1. The average Bonchev–Trinajstić information content (AvgIpc) is 3.00. The topological polar surface area (TPSA) is 98.8 Å². The first-order valence-electron chi connectivity index (χ1n) is 9.00. The van der Waals surface area contributed by atoms with Gasteiger partial charge in [0, 0.05) is 32.3 Å². The van der Waals surface area contributed by atoms with Crippen LogP contribution in [0.5, 0.6) is 5.75 Å². The van der Waals surface area contributed by atoms with Crippen molar-refractivity contribution < 1.29 is 14.5 Å². The number of carbonyl (C=O) groups is 1. The van der Waals surface area contributed by atoms with Crippen LogP contribution in [-0.4, -0.2) is 28.2 Å². The number of rotatable bonds is 7. The number of para-hydroxylation sites is 2. The van der Waals surface area contributed by atoms with E-state index in [2.05, 4.69) is 37.7 Å². The fourth-order valence-electron chi connectivity index (χ4n) is 2.99. The first-order chi connectivity index (χ1) is 14.4. The lowest BCUT2D eigenvalue weighted by Crippen LogP contribution is -2.24. The summed E-state index contributed by atoms with van der Waals surface area (Å²) in [6.07, 6.45) is 1.56. The molecule has 0 spiro atoms. The molecular weight excluding hydrogens is 499 g/mol. The van der Waals surface area contributed by atoms with Crippen molar-refractivity contribution in [1.29, 1.82) is 0 Å². The standard InChI is InChI=1S/C21H19IN4O4/c1-14-11-16(15(2)25(14)18-9-7-17(22)8-10-18)12-23-24-21(27)13-30-20-6-4-3-5-19(20)26(28)29/h3-12H,13H2,1-2H3,(H,24,27)/b23-12+. The van der Waals surface area contributed by atoms with Crippen molar-refractivity contribution in [3.8, 4) is 11.4 Å².